The van der Waals surface area contributed by atoms with Gasteiger partial charge >= 0.3 is 12.0 Å². The van der Waals surface area contributed by atoms with E-state index in [0.717, 1.165) is 23.9 Å². The Balaban J connectivity index is 1.31. The van der Waals surface area contributed by atoms with Gasteiger partial charge in [0.05, 0.1) is 12.2 Å². The second kappa shape index (κ2) is 10.9. The molecule has 8 nitrogen and oxygen atoms in total. The Bertz CT molecular complexity index is 1070. The molecule has 2 aromatic carbocycles. The number of nitrogens with one attached hydrogen (secondary N) is 1. The van der Waals surface area contributed by atoms with Gasteiger partial charge < -0.3 is 19.9 Å². The van der Waals surface area contributed by atoms with Crippen molar-refractivity contribution in [3.05, 3.63) is 71.5 Å². The van der Waals surface area contributed by atoms with E-state index in [9.17, 15) is 9.59 Å². The van der Waals surface area contributed by atoms with E-state index in [2.05, 4.69) is 26.7 Å². The first-order valence-corrected chi connectivity index (χ1v) is 11.8. The minimum atomic E-state index is -0.369. The molecule has 33 heavy (non-hydrogen) atoms. The van der Waals surface area contributed by atoms with Crippen LogP contribution < -0.4 is 10.2 Å². The lowest BCUT2D eigenvalue weighted by atomic mass is 10.1. The fourth-order valence-corrected chi connectivity index (χ4v) is 4.38. The lowest BCUT2D eigenvalue weighted by Gasteiger charge is -2.22. The molecular formula is C24H27N5O3S. The maximum atomic E-state index is 12.8. The average molecular weight is 466 g/mol. The van der Waals surface area contributed by atoms with Crippen LogP contribution in [-0.4, -0.2) is 59.0 Å². The number of benzene rings is 2. The van der Waals surface area contributed by atoms with Crippen molar-refractivity contribution >= 4 is 34.4 Å². The molecule has 1 aliphatic heterocycles. The highest BCUT2D eigenvalue weighted by atomic mass is 32.1. The molecule has 172 valence electrons. The third kappa shape index (κ3) is 6.07. The van der Waals surface area contributed by atoms with Gasteiger partial charge in [0.2, 0.25) is 5.13 Å². The number of ether oxygens (including phenoxy) is 1. The van der Waals surface area contributed by atoms with Crippen LogP contribution in [0.1, 0.15) is 35.1 Å². The number of esters is 1. The Morgan fingerprint density at radius 1 is 1.03 bits per heavy atom. The van der Waals surface area contributed by atoms with E-state index in [1.54, 1.807) is 31.2 Å². The molecule has 2 amide bonds. The second-order valence-corrected chi connectivity index (χ2v) is 8.44. The van der Waals surface area contributed by atoms with Crippen LogP contribution in [0.5, 0.6) is 0 Å². The molecule has 1 N–H and O–H groups in total. The van der Waals surface area contributed by atoms with E-state index in [1.807, 2.05) is 23.1 Å². The van der Waals surface area contributed by atoms with Gasteiger partial charge in [0.25, 0.3) is 0 Å². The molecule has 0 atom stereocenters. The van der Waals surface area contributed by atoms with Crippen LogP contribution in [0, 0.1) is 0 Å². The number of hydrogen-bond acceptors (Lipinski definition) is 7. The summed E-state index contributed by atoms with van der Waals surface area (Å²) in [5.74, 6) is 0.456. The minimum absolute atomic E-state index is 0.150. The predicted molar refractivity (Wildman–Crippen MR) is 129 cm³/mol. The van der Waals surface area contributed by atoms with Crippen molar-refractivity contribution in [2.75, 3.05) is 43.0 Å². The van der Waals surface area contributed by atoms with Crippen molar-refractivity contribution in [1.29, 1.82) is 0 Å². The maximum absolute atomic E-state index is 12.8. The number of nitrogens with zero attached hydrogens (tertiary/aromatic N) is 4. The summed E-state index contributed by atoms with van der Waals surface area (Å²) in [5.41, 5.74) is 2.30. The molecule has 1 saturated heterocycles. The molecule has 0 bridgehead atoms. The first kappa shape index (κ1) is 22.7. The van der Waals surface area contributed by atoms with Crippen LogP contribution in [0.3, 0.4) is 0 Å². The third-order valence-electron chi connectivity index (χ3n) is 5.36. The van der Waals surface area contributed by atoms with Crippen molar-refractivity contribution in [1.82, 2.24) is 14.3 Å². The molecular weight excluding hydrogens is 438 g/mol. The average Bonchev–Trinajstić information content (AvgIpc) is 3.14. The molecule has 4 rings (SSSR count). The van der Waals surface area contributed by atoms with Gasteiger partial charge in [-0.3, -0.25) is 0 Å². The number of aromatic nitrogens is 2. The van der Waals surface area contributed by atoms with Crippen LogP contribution in [0.2, 0.25) is 0 Å². The largest absolute Gasteiger partial charge is 0.462 e. The predicted octanol–water partition coefficient (Wildman–Crippen LogP) is 4.05. The molecule has 1 aromatic heterocycles. The molecule has 9 heteroatoms. The van der Waals surface area contributed by atoms with E-state index < -0.39 is 0 Å². The fraction of sp³-hybridized carbons (Fsp3) is 0.333. The maximum Gasteiger partial charge on any atom is 0.338 e. The molecule has 0 saturated carbocycles. The van der Waals surface area contributed by atoms with Gasteiger partial charge in [-0.25, -0.2) is 14.6 Å². The SMILES string of the molecule is CCOC(=O)c1ccc(NC(=O)N2CCCN(c3nc(Cc4ccccc4)ns3)CC2)cc1. The zero-order chi connectivity index (χ0) is 23.0. The molecule has 3 aromatic rings. The van der Waals surface area contributed by atoms with E-state index in [4.69, 9.17) is 9.72 Å². The Labute approximate surface area is 197 Å². The molecule has 0 radical (unpaired) electrons. The third-order valence-corrected chi connectivity index (χ3v) is 6.18. The summed E-state index contributed by atoms with van der Waals surface area (Å²) in [6, 6.07) is 16.8. The van der Waals surface area contributed by atoms with Crippen molar-refractivity contribution in [2.24, 2.45) is 0 Å². The lowest BCUT2D eigenvalue weighted by molar-refractivity contribution is 0.0526. The van der Waals surface area contributed by atoms with Crippen LogP contribution in [0.25, 0.3) is 0 Å². The second-order valence-electron chi connectivity index (χ2n) is 7.71. The van der Waals surface area contributed by atoms with Crippen LogP contribution in [-0.2, 0) is 11.2 Å². The highest BCUT2D eigenvalue weighted by Crippen LogP contribution is 2.21. The summed E-state index contributed by atoms with van der Waals surface area (Å²) in [4.78, 5) is 33.3. The first-order valence-electron chi connectivity index (χ1n) is 11.1. The molecule has 0 spiro atoms. The number of rotatable bonds is 6. The number of hydrogen-bond donors (Lipinski definition) is 1. The van der Waals surface area contributed by atoms with Crippen LogP contribution >= 0.6 is 11.5 Å². The van der Waals surface area contributed by atoms with E-state index in [-0.39, 0.29) is 12.0 Å². The van der Waals surface area contributed by atoms with Crippen molar-refractivity contribution < 1.29 is 14.3 Å². The first-order chi connectivity index (χ1) is 16.1. The van der Waals surface area contributed by atoms with Crippen molar-refractivity contribution in [2.45, 2.75) is 19.8 Å². The Morgan fingerprint density at radius 3 is 2.58 bits per heavy atom. The topological polar surface area (TPSA) is 87.7 Å². The van der Waals surface area contributed by atoms with Crippen LogP contribution in [0.4, 0.5) is 15.6 Å². The number of carbonyl (C=O) groups excluding carboxylic acids is 2. The van der Waals surface area contributed by atoms with Crippen molar-refractivity contribution in [3.8, 4) is 0 Å². The minimum Gasteiger partial charge on any atom is -0.462 e. The van der Waals surface area contributed by atoms with Gasteiger partial charge in [0.1, 0.15) is 5.82 Å². The van der Waals surface area contributed by atoms with E-state index >= 15 is 0 Å². The summed E-state index contributed by atoms with van der Waals surface area (Å²) >= 11 is 1.41. The number of anilines is 2. The zero-order valence-electron chi connectivity index (χ0n) is 18.6. The van der Waals surface area contributed by atoms with Gasteiger partial charge in [-0.15, -0.1) is 0 Å². The Morgan fingerprint density at radius 2 is 1.82 bits per heavy atom. The zero-order valence-corrected chi connectivity index (χ0v) is 19.4. The summed E-state index contributed by atoms with van der Waals surface area (Å²) in [6.45, 7) is 4.89. The quantitative estimate of drug-likeness (QED) is 0.553. The highest BCUT2D eigenvalue weighted by Gasteiger charge is 2.21. The van der Waals surface area contributed by atoms with E-state index in [0.29, 0.717) is 43.9 Å². The summed E-state index contributed by atoms with van der Waals surface area (Å²) in [7, 11) is 0. The number of urea groups is 1. The molecule has 1 fully saturated rings. The highest BCUT2D eigenvalue weighted by molar-refractivity contribution is 7.09. The smallest absolute Gasteiger partial charge is 0.338 e. The number of amides is 2. The van der Waals surface area contributed by atoms with Gasteiger partial charge in [0.15, 0.2) is 0 Å². The molecule has 2 heterocycles. The van der Waals surface area contributed by atoms with Gasteiger partial charge in [0, 0.05) is 49.8 Å². The van der Waals surface area contributed by atoms with Crippen molar-refractivity contribution in [3.63, 3.8) is 0 Å². The standard InChI is InChI=1S/C24H27N5O3S/c1-2-32-22(30)19-9-11-20(12-10-19)25-23(31)28-13-6-14-29(16-15-28)24-26-21(27-33-24)17-18-7-4-3-5-8-18/h3-5,7-12H,2,6,13-17H2,1H3,(H,25,31). The number of carbonyl (C=O) groups is 2. The van der Waals surface area contributed by atoms with Crippen LogP contribution in [0.15, 0.2) is 54.6 Å². The van der Waals surface area contributed by atoms with Gasteiger partial charge in [-0.05, 0) is 43.2 Å². The van der Waals surface area contributed by atoms with E-state index in [1.165, 1.54) is 17.1 Å². The molecule has 0 aliphatic carbocycles. The molecule has 1 aliphatic rings. The molecule has 0 unspecified atom stereocenters. The normalized spacial score (nSPS) is 14.0. The Kier molecular flexibility index (Phi) is 7.51. The lowest BCUT2D eigenvalue weighted by Crippen LogP contribution is -2.38. The van der Waals surface area contributed by atoms with Gasteiger partial charge in [-0.2, -0.15) is 4.37 Å². The summed E-state index contributed by atoms with van der Waals surface area (Å²) in [5, 5.41) is 3.82. The summed E-state index contributed by atoms with van der Waals surface area (Å²) in [6.07, 6.45) is 1.57. The summed E-state index contributed by atoms with van der Waals surface area (Å²) < 4.78 is 9.51. The Hall–Kier alpha value is -3.46. The van der Waals surface area contributed by atoms with Gasteiger partial charge in [-0.1, -0.05) is 30.3 Å². The fourth-order valence-electron chi connectivity index (χ4n) is 3.64. The monoisotopic (exact) mass is 465 g/mol.